The fraction of sp³-hybridized carbons (Fsp3) is 1.00. The second-order valence-electron chi connectivity index (χ2n) is 2.48. The molecule has 1 aliphatic heterocycles. The average Bonchev–Trinajstić information content (AvgIpc) is 2.15. The Morgan fingerprint density at radius 2 is 2.22 bits per heavy atom. The number of hydrogen-bond acceptors (Lipinski definition) is 3. The molecule has 9 heavy (non-hydrogen) atoms. The molecular weight excluding hydrogens is 118 g/mol. The SMILES string of the molecule is CC[C@@H]1NC[C@@H](O)[C@H]1O. The van der Waals surface area contributed by atoms with Gasteiger partial charge in [-0.15, -0.1) is 0 Å². The van der Waals surface area contributed by atoms with E-state index in [1.807, 2.05) is 6.92 Å². The second-order valence-corrected chi connectivity index (χ2v) is 2.48. The van der Waals surface area contributed by atoms with Crippen molar-refractivity contribution in [3.05, 3.63) is 0 Å². The Morgan fingerprint density at radius 3 is 2.44 bits per heavy atom. The molecule has 1 aliphatic rings. The van der Waals surface area contributed by atoms with Crippen molar-refractivity contribution in [2.24, 2.45) is 0 Å². The predicted octanol–water partition coefficient (Wildman–Crippen LogP) is -0.910. The van der Waals surface area contributed by atoms with Crippen molar-refractivity contribution >= 4 is 0 Å². The number of rotatable bonds is 1. The highest BCUT2D eigenvalue weighted by atomic mass is 16.3. The van der Waals surface area contributed by atoms with E-state index in [4.69, 9.17) is 10.2 Å². The van der Waals surface area contributed by atoms with E-state index in [1.165, 1.54) is 0 Å². The molecule has 1 fully saturated rings. The van der Waals surface area contributed by atoms with Gasteiger partial charge in [0.15, 0.2) is 0 Å². The van der Waals surface area contributed by atoms with Gasteiger partial charge in [-0.05, 0) is 6.42 Å². The van der Waals surface area contributed by atoms with Crippen molar-refractivity contribution in [2.75, 3.05) is 6.54 Å². The van der Waals surface area contributed by atoms with E-state index in [-0.39, 0.29) is 6.04 Å². The Morgan fingerprint density at radius 1 is 1.56 bits per heavy atom. The van der Waals surface area contributed by atoms with Crippen LogP contribution in [0.3, 0.4) is 0 Å². The zero-order valence-corrected chi connectivity index (χ0v) is 5.54. The minimum Gasteiger partial charge on any atom is -0.389 e. The molecule has 0 bridgehead atoms. The van der Waals surface area contributed by atoms with Crippen LogP contribution in [0.1, 0.15) is 13.3 Å². The van der Waals surface area contributed by atoms with Gasteiger partial charge in [0.2, 0.25) is 0 Å². The Labute approximate surface area is 54.7 Å². The lowest BCUT2D eigenvalue weighted by atomic mass is 10.1. The molecule has 0 saturated carbocycles. The van der Waals surface area contributed by atoms with Crippen molar-refractivity contribution in [2.45, 2.75) is 31.6 Å². The first-order valence-electron chi connectivity index (χ1n) is 3.35. The zero-order valence-electron chi connectivity index (χ0n) is 5.54. The molecule has 54 valence electrons. The van der Waals surface area contributed by atoms with Gasteiger partial charge in [0.05, 0.1) is 12.2 Å². The Bertz CT molecular complexity index is 97.1. The summed E-state index contributed by atoms with van der Waals surface area (Å²) in [6, 6.07) is 0.0972. The molecule has 3 N–H and O–H groups in total. The summed E-state index contributed by atoms with van der Waals surface area (Å²) < 4.78 is 0. The van der Waals surface area contributed by atoms with Gasteiger partial charge in [0, 0.05) is 12.6 Å². The Balaban J connectivity index is 2.41. The van der Waals surface area contributed by atoms with Crippen LogP contribution < -0.4 is 5.32 Å². The molecule has 0 amide bonds. The van der Waals surface area contributed by atoms with Crippen molar-refractivity contribution in [1.82, 2.24) is 5.32 Å². The summed E-state index contributed by atoms with van der Waals surface area (Å²) >= 11 is 0. The van der Waals surface area contributed by atoms with Gasteiger partial charge in [-0.3, -0.25) is 0 Å². The van der Waals surface area contributed by atoms with E-state index < -0.39 is 12.2 Å². The number of aliphatic hydroxyl groups excluding tert-OH is 2. The fourth-order valence-corrected chi connectivity index (χ4v) is 1.17. The maximum atomic E-state index is 9.14. The van der Waals surface area contributed by atoms with Gasteiger partial charge in [-0.25, -0.2) is 0 Å². The van der Waals surface area contributed by atoms with E-state index in [0.717, 1.165) is 6.42 Å². The number of aliphatic hydroxyl groups is 2. The van der Waals surface area contributed by atoms with Gasteiger partial charge >= 0.3 is 0 Å². The number of nitrogens with one attached hydrogen (secondary N) is 1. The molecule has 0 aromatic carbocycles. The van der Waals surface area contributed by atoms with Crippen LogP contribution >= 0.6 is 0 Å². The van der Waals surface area contributed by atoms with Crippen molar-refractivity contribution in [3.8, 4) is 0 Å². The van der Waals surface area contributed by atoms with Crippen LogP contribution in [0.4, 0.5) is 0 Å². The molecule has 3 heteroatoms. The lowest BCUT2D eigenvalue weighted by Gasteiger charge is -2.12. The second kappa shape index (κ2) is 2.64. The molecule has 0 aromatic rings. The third-order valence-electron chi connectivity index (χ3n) is 1.84. The monoisotopic (exact) mass is 131 g/mol. The largest absolute Gasteiger partial charge is 0.389 e. The van der Waals surface area contributed by atoms with Crippen LogP contribution in [0.2, 0.25) is 0 Å². The van der Waals surface area contributed by atoms with E-state index in [2.05, 4.69) is 5.32 Å². The first-order chi connectivity index (χ1) is 4.25. The highest BCUT2D eigenvalue weighted by Gasteiger charge is 2.30. The topological polar surface area (TPSA) is 52.5 Å². The molecule has 0 radical (unpaired) electrons. The van der Waals surface area contributed by atoms with Gasteiger partial charge in [0.1, 0.15) is 0 Å². The summed E-state index contributed by atoms with van der Waals surface area (Å²) in [5.74, 6) is 0. The minimum absolute atomic E-state index is 0.0972. The molecule has 0 aromatic heterocycles. The third kappa shape index (κ3) is 1.23. The van der Waals surface area contributed by atoms with Gasteiger partial charge in [0.25, 0.3) is 0 Å². The quantitative estimate of drug-likeness (QED) is 0.432. The van der Waals surface area contributed by atoms with E-state index >= 15 is 0 Å². The molecule has 1 rings (SSSR count). The van der Waals surface area contributed by atoms with Crippen LogP contribution in [0.15, 0.2) is 0 Å². The maximum absolute atomic E-state index is 9.14. The summed E-state index contributed by atoms with van der Waals surface area (Å²) in [7, 11) is 0. The lowest BCUT2D eigenvalue weighted by Crippen LogP contribution is -2.31. The highest BCUT2D eigenvalue weighted by molar-refractivity contribution is 4.89. The summed E-state index contributed by atoms with van der Waals surface area (Å²) in [6.07, 6.45) is -0.247. The zero-order chi connectivity index (χ0) is 6.85. The van der Waals surface area contributed by atoms with Crippen molar-refractivity contribution in [3.63, 3.8) is 0 Å². The van der Waals surface area contributed by atoms with Crippen LogP contribution in [0.25, 0.3) is 0 Å². The van der Waals surface area contributed by atoms with Crippen LogP contribution in [-0.4, -0.2) is 35.0 Å². The van der Waals surface area contributed by atoms with Crippen LogP contribution in [-0.2, 0) is 0 Å². The number of hydrogen-bond donors (Lipinski definition) is 3. The first kappa shape index (κ1) is 6.99. The highest BCUT2D eigenvalue weighted by Crippen LogP contribution is 2.09. The van der Waals surface area contributed by atoms with Gasteiger partial charge < -0.3 is 15.5 Å². The van der Waals surface area contributed by atoms with Gasteiger partial charge in [-0.1, -0.05) is 6.92 Å². The predicted molar refractivity (Wildman–Crippen MR) is 34.1 cm³/mol. The first-order valence-corrected chi connectivity index (χ1v) is 3.35. The van der Waals surface area contributed by atoms with Crippen LogP contribution in [0.5, 0.6) is 0 Å². The average molecular weight is 131 g/mol. The summed E-state index contributed by atoms with van der Waals surface area (Å²) in [4.78, 5) is 0. The molecule has 0 aliphatic carbocycles. The van der Waals surface area contributed by atoms with E-state index in [0.29, 0.717) is 6.54 Å². The summed E-state index contributed by atoms with van der Waals surface area (Å²) in [5.41, 5.74) is 0. The molecule has 1 heterocycles. The molecule has 0 spiro atoms. The summed E-state index contributed by atoms with van der Waals surface area (Å²) in [6.45, 7) is 2.51. The number of β-amino-alcohol motifs (C(OH)–C–C–N with tert-alkyl or cyclic N) is 1. The normalized spacial score (nSPS) is 43.7. The smallest absolute Gasteiger partial charge is 0.0963 e. The Kier molecular flexibility index (Phi) is 2.05. The molecule has 1 saturated heterocycles. The van der Waals surface area contributed by atoms with E-state index in [9.17, 15) is 0 Å². The van der Waals surface area contributed by atoms with Crippen molar-refractivity contribution < 1.29 is 10.2 Å². The third-order valence-corrected chi connectivity index (χ3v) is 1.84. The minimum atomic E-state index is -0.560. The fourth-order valence-electron chi connectivity index (χ4n) is 1.17. The molecule has 0 unspecified atom stereocenters. The molecule has 3 atom stereocenters. The van der Waals surface area contributed by atoms with E-state index in [1.54, 1.807) is 0 Å². The van der Waals surface area contributed by atoms with Gasteiger partial charge in [-0.2, -0.15) is 0 Å². The summed E-state index contributed by atoms with van der Waals surface area (Å²) in [5, 5.41) is 21.1. The molecular formula is C6H13NO2. The van der Waals surface area contributed by atoms with Crippen molar-refractivity contribution in [1.29, 1.82) is 0 Å². The van der Waals surface area contributed by atoms with Crippen LogP contribution in [0, 0.1) is 0 Å². The Hall–Kier alpha value is -0.120. The lowest BCUT2D eigenvalue weighted by molar-refractivity contribution is 0.0401. The molecule has 3 nitrogen and oxygen atoms in total. The maximum Gasteiger partial charge on any atom is 0.0963 e. The standard InChI is InChI=1S/C6H13NO2/c1-2-4-6(9)5(8)3-7-4/h4-9H,2-3H2,1H3/t4-,5+,6-/m0/s1.